The molecule has 5 rings (SSSR count). The maximum Gasteiger partial charge on any atom is 1.00 e. The van der Waals surface area contributed by atoms with E-state index in [1.54, 1.807) is 17.0 Å². The minimum atomic E-state index is -0.622. The number of fused-ring (bicyclic) bond motifs is 1. The maximum absolute atomic E-state index is 12.9. The number of carbonyl (C=O) groups is 3. The van der Waals surface area contributed by atoms with Crippen LogP contribution in [-0.2, 0) is 22.7 Å². The van der Waals surface area contributed by atoms with Crippen molar-refractivity contribution in [3.63, 3.8) is 0 Å². The van der Waals surface area contributed by atoms with Crippen LogP contribution in [0, 0.1) is 0 Å². The van der Waals surface area contributed by atoms with E-state index in [1.807, 2.05) is 6.07 Å². The van der Waals surface area contributed by atoms with Crippen molar-refractivity contribution in [2.24, 2.45) is 0 Å². The Morgan fingerprint density at radius 2 is 1.76 bits per heavy atom. The number of amides is 3. The molecule has 0 bridgehead atoms. The van der Waals surface area contributed by atoms with E-state index in [0.29, 0.717) is 36.8 Å². The third-order valence-corrected chi connectivity index (χ3v) is 6.72. The Labute approximate surface area is 200 Å². The first-order valence-electron chi connectivity index (χ1n) is 11.3. The van der Waals surface area contributed by atoms with Crippen LogP contribution in [0.4, 0.5) is 0 Å². The lowest BCUT2D eigenvalue weighted by Crippen LogP contribution is -3.00. The predicted octanol–water partition coefficient (Wildman–Crippen LogP) is -0.390. The van der Waals surface area contributed by atoms with Gasteiger partial charge in [-0.05, 0) is 61.5 Å². The molecule has 2 fully saturated rings. The third-order valence-electron chi connectivity index (χ3n) is 6.72. The SMILES string of the molecule is O=C1CCC(N2Cc3c(OCc4ccc(C5CCNCC5)cc4)cccc3C2=O)C(=O)N1.[Cl-].[H+]. The average molecular weight is 470 g/mol. The smallest absolute Gasteiger partial charge is 1.00 e. The van der Waals surface area contributed by atoms with Gasteiger partial charge in [-0.1, -0.05) is 30.3 Å². The Kier molecular flexibility index (Phi) is 7.00. The highest BCUT2D eigenvalue weighted by atomic mass is 35.5. The van der Waals surface area contributed by atoms with Crippen LogP contribution in [-0.4, -0.2) is 41.8 Å². The van der Waals surface area contributed by atoms with Gasteiger partial charge in [0.2, 0.25) is 11.8 Å². The highest BCUT2D eigenvalue weighted by Gasteiger charge is 2.40. The van der Waals surface area contributed by atoms with Crippen molar-refractivity contribution < 1.29 is 33.0 Å². The lowest BCUT2D eigenvalue weighted by Gasteiger charge is -2.29. The van der Waals surface area contributed by atoms with Crippen molar-refractivity contribution in [3.8, 4) is 5.75 Å². The summed E-state index contributed by atoms with van der Waals surface area (Å²) in [7, 11) is 0. The molecule has 0 aromatic heterocycles. The van der Waals surface area contributed by atoms with E-state index >= 15 is 0 Å². The first kappa shape index (κ1) is 23.3. The number of halogens is 1. The predicted molar refractivity (Wildman–Crippen MR) is 119 cm³/mol. The summed E-state index contributed by atoms with van der Waals surface area (Å²) in [5.41, 5.74) is 3.81. The number of nitrogens with one attached hydrogen (secondary N) is 2. The number of nitrogens with zero attached hydrogens (tertiary/aromatic N) is 1. The second-order valence-electron chi connectivity index (χ2n) is 8.74. The van der Waals surface area contributed by atoms with Gasteiger partial charge in [0.05, 0.1) is 6.54 Å². The molecule has 2 N–H and O–H groups in total. The summed E-state index contributed by atoms with van der Waals surface area (Å²) < 4.78 is 6.10. The van der Waals surface area contributed by atoms with Crippen LogP contribution >= 0.6 is 0 Å². The molecule has 2 saturated heterocycles. The minimum absolute atomic E-state index is 0. The molecule has 8 heteroatoms. The van der Waals surface area contributed by atoms with E-state index in [2.05, 4.69) is 34.9 Å². The molecule has 33 heavy (non-hydrogen) atoms. The Morgan fingerprint density at radius 3 is 2.48 bits per heavy atom. The summed E-state index contributed by atoms with van der Waals surface area (Å²) >= 11 is 0. The Hall–Kier alpha value is -2.90. The van der Waals surface area contributed by atoms with Crippen molar-refractivity contribution >= 4 is 17.7 Å². The lowest BCUT2D eigenvalue weighted by atomic mass is 9.90. The molecule has 3 aliphatic heterocycles. The molecular formula is C25H28ClN3O4. The van der Waals surface area contributed by atoms with E-state index in [-0.39, 0.29) is 32.1 Å². The monoisotopic (exact) mass is 469 g/mol. The fourth-order valence-corrected chi connectivity index (χ4v) is 4.89. The molecule has 1 unspecified atom stereocenters. The fraction of sp³-hybridized carbons (Fsp3) is 0.400. The Morgan fingerprint density at radius 1 is 1.00 bits per heavy atom. The molecule has 0 aliphatic carbocycles. The fourth-order valence-electron chi connectivity index (χ4n) is 4.89. The van der Waals surface area contributed by atoms with Gasteiger partial charge in [-0.15, -0.1) is 0 Å². The first-order chi connectivity index (χ1) is 15.6. The Balaban J connectivity index is 0.00000162. The number of hydrogen-bond acceptors (Lipinski definition) is 5. The van der Waals surface area contributed by atoms with Gasteiger partial charge in [-0.2, -0.15) is 0 Å². The van der Waals surface area contributed by atoms with Gasteiger partial charge < -0.3 is 27.4 Å². The number of hydrogen-bond donors (Lipinski definition) is 2. The van der Waals surface area contributed by atoms with Gasteiger partial charge in [0, 0.05) is 17.5 Å². The van der Waals surface area contributed by atoms with Crippen molar-refractivity contribution in [3.05, 3.63) is 64.7 Å². The molecule has 0 saturated carbocycles. The molecule has 7 nitrogen and oxygen atoms in total. The van der Waals surface area contributed by atoms with Gasteiger partial charge >= 0.3 is 1.43 Å². The quantitative estimate of drug-likeness (QED) is 0.582. The molecular weight excluding hydrogens is 442 g/mol. The number of rotatable bonds is 5. The number of benzene rings is 2. The maximum atomic E-state index is 12.9. The third kappa shape index (κ3) is 4.75. The largest absolute Gasteiger partial charge is 1.00 e. The summed E-state index contributed by atoms with van der Waals surface area (Å²) in [6.07, 6.45) is 2.94. The summed E-state index contributed by atoms with van der Waals surface area (Å²) in [5, 5.41) is 5.74. The van der Waals surface area contributed by atoms with Gasteiger partial charge in [0.25, 0.3) is 5.91 Å². The number of ether oxygens (including phenoxy) is 1. The molecule has 3 heterocycles. The standard InChI is InChI=1S/C25H27N3O4.ClH/c29-23-9-8-21(24(30)27-23)28-14-20-19(25(28)31)2-1-3-22(20)32-15-16-4-6-17(7-5-16)18-10-12-26-13-11-18;/h1-7,18,21,26H,8-15H2,(H,27,29,30);1H. The van der Waals surface area contributed by atoms with Crippen LogP contribution in [0.2, 0.25) is 0 Å². The van der Waals surface area contributed by atoms with Gasteiger partial charge in [-0.3, -0.25) is 19.7 Å². The van der Waals surface area contributed by atoms with Gasteiger partial charge in [0.1, 0.15) is 18.4 Å². The van der Waals surface area contributed by atoms with Crippen LogP contribution in [0.5, 0.6) is 5.75 Å². The molecule has 1 atom stereocenters. The van der Waals surface area contributed by atoms with Crippen LogP contribution in [0.15, 0.2) is 42.5 Å². The zero-order valence-electron chi connectivity index (χ0n) is 19.3. The van der Waals surface area contributed by atoms with E-state index < -0.39 is 11.9 Å². The summed E-state index contributed by atoms with van der Waals surface area (Å²) in [6.45, 7) is 2.87. The second kappa shape index (κ2) is 9.93. The van der Waals surface area contributed by atoms with Gasteiger partial charge in [0.15, 0.2) is 0 Å². The van der Waals surface area contributed by atoms with E-state index in [9.17, 15) is 14.4 Å². The minimum Gasteiger partial charge on any atom is -1.00 e. The molecule has 0 spiro atoms. The van der Waals surface area contributed by atoms with Crippen molar-refractivity contribution in [2.75, 3.05) is 13.1 Å². The van der Waals surface area contributed by atoms with Gasteiger partial charge in [-0.25, -0.2) is 0 Å². The first-order valence-corrected chi connectivity index (χ1v) is 11.3. The summed E-state index contributed by atoms with van der Waals surface area (Å²) in [4.78, 5) is 38.2. The number of carbonyl (C=O) groups excluding carboxylic acids is 3. The molecule has 3 amide bonds. The Bertz CT molecular complexity index is 1060. The summed E-state index contributed by atoms with van der Waals surface area (Å²) in [5.74, 6) is 0.400. The second-order valence-corrected chi connectivity index (χ2v) is 8.74. The van der Waals surface area contributed by atoms with Crippen molar-refractivity contribution in [2.45, 2.75) is 50.8 Å². The van der Waals surface area contributed by atoms with E-state index in [1.165, 1.54) is 18.4 Å². The van der Waals surface area contributed by atoms with Crippen LogP contribution < -0.4 is 27.8 Å². The lowest BCUT2D eigenvalue weighted by molar-refractivity contribution is -0.136. The molecule has 174 valence electrons. The van der Waals surface area contributed by atoms with E-state index in [0.717, 1.165) is 24.2 Å². The number of piperidine rings is 2. The van der Waals surface area contributed by atoms with E-state index in [4.69, 9.17) is 4.74 Å². The molecule has 3 aliphatic rings. The zero-order chi connectivity index (χ0) is 22.1. The highest BCUT2D eigenvalue weighted by molar-refractivity contribution is 6.05. The van der Waals surface area contributed by atoms with Crippen LogP contribution in [0.25, 0.3) is 0 Å². The summed E-state index contributed by atoms with van der Waals surface area (Å²) in [6, 6.07) is 13.4. The van der Waals surface area contributed by atoms with Crippen LogP contribution in [0.1, 0.15) is 60.1 Å². The molecule has 0 radical (unpaired) electrons. The topological polar surface area (TPSA) is 87.7 Å². The molecule has 2 aromatic rings. The number of imide groups is 1. The zero-order valence-corrected chi connectivity index (χ0v) is 19.1. The average Bonchev–Trinajstić information content (AvgIpc) is 3.15. The molecule has 2 aromatic carbocycles. The van der Waals surface area contributed by atoms with Crippen LogP contribution in [0.3, 0.4) is 0 Å². The highest BCUT2D eigenvalue weighted by Crippen LogP contribution is 2.34. The normalized spacial score (nSPS) is 20.8. The van der Waals surface area contributed by atoms with Crippen molar-refractivity contribution in [1.29, 1.82) is 0 Å². The van der Waals surface area contributed by atoms with Crippen molar-refractivity contribution in [1.82, 2.24) is 15.5 Å².